The minimum atomic E-state index is -0.597. The number of benzene rings is 1. The zero-order valence-electron chi connectivity index (χ0n) is 15.8. The van der Waals surface area contributed by atoms with Gasteiger partial charge in [0.25, 0.3) is 0 Å². The van der Waals surface area contributed by atoms with E-state index in [4.69, 9.17) is 4.74 Å². The number of Topliss-reactive ketones (excluding diaryl/α,β-unsaturated/α-hetero) is 1. The van der Waals surface area contributed by atoms with Gasteiger partial charge in [0.2, 0.25) is 0 Å². The predicted molar refractivity (Wildman–Crippen MR) is 103 cm³/mol. The molecule has 2 aromatic rings. The second-order valence-electron chi connectivity index (χ2n) is 6.90. The Balaban J connectivity index is 1.90. The summed E-state index contributed by atoms with van der Waals surface area (Å²) < 4.78 is 19.7. The van der Waals surface area contributed by atoms with Crippen molar-refractivity contribution >= 4 is 23.1 Å². The third-order valence-corrected chi connectivity index (χ3v) is 5.81. The number of halogens is 1. The highest BCUT2D eigenvalue weighted by molar-refractivity contribution is 7.14. The van der Waals surface area contributed by atoms with Crippen molar-refractivity contribution in [1.29, 1.82) is 0 Å². The van der Waals surface area contributed by atoms with Gasteiger partial charge in [-0.2, -0.15) is 0 Å². The van der Waals surface area contributed by atoms with Crippen molar-refractivity contribution in [2.24, 2.45) is 5.92 Å². The lowest BCUT2D eigenvalue weighted by atomic mass is 9.97. The topological polar surface area (TPSA) is 46.6 Å². The molecule has 1 aromatic heterocycles. The molecular formula is C21H24FNO3S. The number of carbonyl (C=O) groups is 2. The number of ether oxygens (including phenoxy) is 1. The summed E-state index contributed by atoms with van der Waals surface area (Å²) in [5.41, 5.74) is 1.42. The van der Waals surface area contributed by atoms with Gasteiger partial charge < -0.3 is 4.74 Å². The van der Waals surface area contributed by atoms with Crippen LogP contribution in [-0.2, 0) is 16.1 Å². The molecule has 3 rings (SSSR count). The average Bonchev–Trinajstić information content (AvgIpc) is 3.40. The van der Waals surface area contributed by atoms with Crippen LogP contribution < -0.4 is 4.74 Å². The van der Waals surface area contributed by atoms with Gasteiger partial charge in [0.05, 0.1) is 6.04 Å². The Morgan fingerprint density at radius 3 is 2.63 bits per heavy atom. The largest absolute Gasteiger partial charge is 0.416 e. The fraction of sp³-hybridized carbons (Fsp3) is 0.429. The Morgan fingerprint density at radius 2 is 2.04 bits per heavy atom. The zero-order chi connectivity index (χ0) is 19.6. The van der Waals surface area contributed by atoms with E-state index in [1.54, 1.807) is 18.2 Å². The van der Waals surface area contributed by atoms with Crippen LogP contribution >= 0.6 is 11.3 Å². The van der Waals surface area contributed by atoms with Gasteiger partial charge in [0, 0.05) is 29.8 Å². The van der Waals surface area contributed by atoms with Gasteiger partial charge in [-0.15, -0.1) is 11.3 Å². The van der Waals surface area contributed by atoms with Gasteiger partial charge in [-0.05, 0) is 44.0 Å². The van der Waals surface area contributed by atoms with Crippen LogP contribution in [0.15, 0.2) is 30.3 Å². The minimum Gasteiger partial charge on any atom is -0.416 e. The number of likely N-dealkylation sites (N-methyl/N-ethyl adjacent to an activating group) is 1. The lowest BCUT2D eigenvalue weighted by Crippen LogP contribution is -2.35. The number of ketones is 1. The molecule has 1 saturated carbocycles. The van der Waals surface area contributed by atoms with Crippen LogP contribution in [0.2, 0.25) is 0 Å². The second-order valence-corrected chi connectivity index (χ2v) is 8.12. The van der Waals surface area contributed by atoms with Crippen molar-refractivity contribution in [3.63, 3.8) is 0 Å². The van der Waals surface area contributed by atoms with Gasteiger partial charge >= 0.3 is 5.97 Å². The molecule has 0 amide bonds. The molecule has 0 radical (unpaired) electrons. The third-order valence-electron chi connectivity index (χ3n) is 4.84. The molecule has 144 valence electrons. The zero-order valence-corrected chi connectivity index (χ0v) is 16.6. The van der Waals surface area contributed by atoms with E-state index in [2.05, 4.69) is 0 Å². The summed E-state index contributed by atoms with van der Waals surface area (Å²) in [4.78, 5) is 27.2. The molecule has 0 saturated heterocycles. The number of esters is 1. The standard InChI is InChI=1S/C21H24FNO3S/c1-4-23(12-16-11-19(26-14(3)24)27-13(16)2)20(21(25)15-9-10-15)17-7-5-6-8-18(17)22/h5-8,11,15,20H,4,9-10,12H2,1-3H3. The Labute approximate surface area is 162 Å². The Kier molecular flexibility index (Phi) is 6.07. The number of nitrogens with zero attached hydrogens (tertiary/aromatic N) is 1. The number of thiophene rings is 1. The highest BCUT2D eigenvalue weighted by Crippen LogP contribution is 2.39. The third kappa shape index (κ3) is 4.62. The lowest BCUT2D eigenvalue weighted by Gasteiger charge is -2.30. The number of carbonyl (C=O) groups excluding carboxylic acids is 2. The van der Waals surface area contributed by atoms with E-state index in [1.165, 1.54) is 24.3 Å². The molecular weight excluding hydrogens is 365 g/mol. The predicted octanol–water partition coefficient (Wildman–Crippen LogP) is 4.66. The van der Waals surface area contributed by atoms with E-state index in [0.717, 1.165) is 23.3 Å². The number of hydrogen-bond donors (Lipinski definition) is 0. The molecule has 1 atom stereocenters. The molecule has 1 fully saturated rings. The Bertz CT molecular complexity index is 844. The molecule has 1 aromatic carbocycles. The molecule has 1 heterocycles. The summed E-state index contributed by atoms with van der Waals surface area (Å²) in [7, 11) is 0. The van der Waals surface area contributed by atoms with Gasteiger partial charge in [-0.25, -0.2) is 4.39 Å². The van der Waals surface area contributed by atoms with Crippen LogP contribution in [0.1, 0.15) is 48.7 Å². The molecule has 1 aliphatic carbocycles. The van der Waals surface area contributed by atoms with Crippen LogP contribution in [0, 0.1) is 18.7 Å². The Hall–Kier alpha value is -2.05. The average molecular weight is 389 g/mol. The van der Waals surface area contributed by atoms with E-state index >= 15 is 0 Å². The van der Waals surface area contributed by atoms with Crippen molar-refractivity contribution in [3.8, 4) is 5.06 Å². The number of hydrogen-bond acceptors (Lipinski definition) is 5. The molecule has 0 N–H and O–H groups in total. The maximum Gasteiger partial charge on any atom is 0.308 e. The lowest BCUT2D eigenvalue weighted by molar-refractivity contribution is -0.131. The van der Waals surface area contributed by atoms with E-state index < -0.39 is 6.04 Å². The van der Waals surface area contributed by atoms with E-state index in [-0.39, 0.29) is 23.5 Å². The molecule has 27 heavy (non-hydrogen) atoms. The van der Waals surface area contributed by atoms with E-state index in [1.807, 2.05) is 24.8 Å². The van der Waals surface area contributed by atoms with Gasteiger partial charge in [0.1, 0.15) is 5.82 Å². The summed E-state index contributed by atoms with van der Waals surface area (Å²) in [6, 6.07) is 7.76. The molecule has 6 heteroatoms. The maximum atomic E-state index is 14.5. The van der Waals surface area contributed by atoms with Crippen LogP contribution in [0.25, 0.3) is 0 Å². The van der Waals surface area contributed by atoms with Crippen LogP contribution in [-0.4, -0.2) is 23.2 Å². The van der Waals surface area contributed by atoms with Crippen molar-refractivity contribution in [2.75, 3.05) is 6.54 Å². The summed E-state index contributed by atoms with van der Waals surface area (Å²) >= 11 is 1.40. The highest BCUT2D eigenvalue weighted by atomic mass is 32.1. The van der Waals surface area contributed by atoms with Crippen LogP contribution in [0.3, 0.4) is 0 Å². The van der Waals surface area contributed by atoms with Gasteiger partial charge in [-0.1, -0.05) is 25.1 Å². The molecule has 1 aliphatic rings. The first-order chi connectivity index (χ1) is 12.9. The van der Waals surface area contributed by atoms with Crippen molar-refractivity contribution < 1.29 is 18.7 Å². The number of aryl methyl sites for hydroxylation is 1. The first-order valence-corrected chi connectivity index (χ1v) is 10.0. The first-order valence-electron chi connectivity index (χ1n) is 9.20. The molecule has 1 unspecified atom stereocenters. The molecule has 0 bridgehead atoms. The van der Waals surface area contributed by atoms with E-state index in [0.29, 0.717) is 23.7 Å². The Morgan fingerprint density at radius 1 is 1.33 bits per heavy atom. The SMILES string of the molecule is CCN(Cc1cc(OC(C)=O)sc1C)C(C(=O)C1CC1)c1ccccc1F. The monoisotopic (exact) mass is 389 g/mol. The summed E-state index contributed by atoms with van der Waals surface area (Å²) in [6.45, 7) is 6.41. The smallest absolute Gasteiger partial charge is 0.308 e. The van der Waals surface area contributed by atoms with Gasteiger partial charge in [0.15, 0.2) is 10.8 Å². The quantitative estimate of drug-likeness (QED) is 0.616. The highest BCUT2D eigenvalue weighted by Gasteiger charge is 2.39. The normalized spacial score (nSPS) is 15.0. The molecule has 4 nitrogen and oxygen atoms in total. The van der Waals surface area contributed by atoms with E-state index in [9.17, 15) is 14.0 Å². The maximum absolute atomic E-state index is 14.5. The molecule has 0 aliphatic heterocycles. The first kappa shape index (κ1) is 19.7. The minimum absolute atomic E-state index is 0.0313. The van der Waals surface area contributed by atoms with Crippen molar-refractivity contribution in [2.45, 2.75) is 46.2 Å². The van der Waals surface area contributed by atoms with Crippen molar-refractivity contribution in [3.05, 3.63) is 52.2 Å². The fourth-order valence-corrected chi connectivity index (χ4v) is 4.18. The van der Waals surface area contributed by atoms with Gasteiger partial charge in [-0.3, -0.25) is 14.5 Å². The second kappa shape index (κ2) is 8.31. The summed E-state index contributed by atoms with van der Waals surface area (Å²) in [5.74, 6) is -0.584. The molecule has 0 spiro atoms. The summed E-state index contributed by atoms with van der Waals surface area (Å²) in [5, 5.41) is 0.544. The number of rotatable bonds is 8. The van der Waals surface area contributed by atoms with Crippen LogP contribution in [0.4, 0.5) is 4.39 Å². The fourth-order valence-electron chi connectivity index (χ4n) is 3.26. The van der Waals surface area contributed by atoms with Crippen molar-refractivity contribution in [1.82, 2.24) is 4.90 Å². The van der Waals surface area contributed by atoms with Crippen LogP contribution in [0.5, 0.6) is 5.06 Å². The summed E-state index contributed by atoms with van der Waals surface area (Å²) in [6.07, 6.45) is 1.77.